The van der Waals surface area contributed by atoms with E-state index in [1.807, 2.05) is 6.92 Å². The van der Waals surface area contributed by atoms with Gasteiger partial charge in [0.15, 0.2) is 5.16 Å². The van der Waals surface area contributed by atoms with Gasteiger partial charge in [0.2, 0.25) is 0 Å². The molecular weight excluding hydrogens is 278 g/mol. The maximum absolute atomic E-state index is 11.4. The third-order valence-corrected chi connectivity index (χ3v) is 3.92. The lowest BCUT2D eigenvalue weighted by molar-refractivity contribution is 0.760. The summed E-state index contributed by atoms with van der Waals surface area (Å²) in [5.41, 5.74) is 3.15. The van der Waals surface area contributed by atoms with Gasteiger partial charge in [-0.15, -0.1) is 5.10 Å². The SMILES string of the molecule is CCCc1nc(NN)c(C)c(Sc2n[nH]c(=O)n2C)n1. The lowest BCUT2D eigenvalue weighted by Gasteiger charge is -2.10. The van der Waals surface area contributed by atoms with Gasteiger partial charge in [0, 0.05) is 19.0 Å². The van der Waals surface area contributed by atoms with Gasteiger partial charge >= 0.3 is 5.69 Å². The lowest BCUT2D eigenvalue weighted by atomic mass is 10.3. The number of hydrogen-bond donors (Lipinski definition) is 3. The van der Waals surface area contributed by atoms with Gasteiger partial charge in [-0.2, -0.15) is 0 Å². The standard InChI is InChI=1S/C11H17N7OS/c1-4-5-7-13-8(15-12)6(2)9(14-7)20-11-17-16-10(19)18(11)3/h4-5,12H2,1-3H3,(H,16,19)(H,13,14,15). The smallest absolute Gasteiger partial charge is 0.308 e. The number of rotatable bonds is 5. The van der Waals surface area contributed by atoms with Crippen molar-refractivity contribution >= 4 is 17.6 Å². The van der Waals surface area contributed by atoms with Crippen molar-refractivity contribution in [1.82, 2.24) is 24.7 Å². The molecule has 0 fully saturated rings. The molecule has 0 aliphatic carbocycles. The number of nitrogens with one attached hydrogen (secondary N) is 2. The second-order valence-electron chi connectivity index (χ2n) is 4.29. The Balaban J connectivity index is 2.41. The van der Waals surface area contributed by atoms with Crippen LogP contribution in [0.2, 0.25) is 0 Å². The largest absolute Gasteiger partial charge is 0.343 e. The number of hydrogen-bond acceptors (Lipinski definition) is 7. The zero-order valence-corrected chi connectivity index (χ0v) is 12.4. The predicted molar refractivity (Wildman–Crippen MR) is 76.5 cm³/mol. The number of nitrogens with zero attached hydrogens (tertiary/aromatic N) is 4. The molecule has 0 amide bonds. The van der Waals surface area contributed by atoms with E-state index in [4.69, 9.17) is 5.84 Å². The Labute approximate surface area is 120 Å². The third kappa shape index (κ3) is 2.83. The minimum absolute atomic E-state index is 0.259. The van der Waals surface area contributed by atoms with Crippen LogP contribution in [0.5, 0.6) is 0 Å². The van der Waals surface area contributed by atoms with E-state index >= 15 is 0 Å². The Bertz CT molecular complexity index is 663. The fraction of sp³-hybridized carbons (Fsp3) is 0.455. The van der Waals surface area contributed by atoms with Crippen molar-refractivity contribution in [1.29, 1.82) is 0 Å². The molecule has 0 spiro atoms. The van der Waals surface area contributed by atoms with Crippen molar-refractivity contribution in [3.05, 3.63) is 21.9 Å². The molecule has 0 saturated heterocycles. The van der Waals surface area contributed by atoms with Gasteiger partial charge in [-0.3, -0.25) is 4.57 Å². The maximum atomic E-state index is 11.4. The molecule has 0 aliphatic rings. The van der Waals surface area contributed by atoms with Gasteiger partial charge in [-0.05, 0) is 25.1 Å². The fourth-order valence-electron chi connectivity index (χ4n) is 1.63. The molecule has 0 unspecified atom stereocenters. The van der Waals surface area contributed by atoms with E-state index in [0.717, 1.165) is 23.4 Å². The van der Waals surface area contributed by atoms with Gasteiger partial charge in [0.25, 0.3) is 0 Å². The number of aryl methyl sites for hydroxylation is 1. The van der Waals surface area contributed by atoms with Crippen LogP contribution in [0.3, 0.4) is 0 Å². The molecule has 0 aromatic carbocycles. The summed E-state index contributed by atoms with van der Waals surface area (Å²) in [6, 6.07) is 0. The summed E-state index contributed by atoms with van der Waals surface area (Å²) in [5.74, 6) is 6.79. The minimum Gasteiger partial charge on any atom is -0.308 e. The summed E-state index contributed by atoms with van der Waals surface area (Å²) in [6.45, 7) is 3.93. The first-order valence-corrected chi connectivity index (χ1v) is 7.01. The quantitative estimate of drug-likeness (QED) is 0.420. The maximum Gasteiger partial charge on any atom is 0.343 e. The normalized spacial score (nSPS) is 10.8. The molecule has 2 aromatic heterocycles. The highest BCUT2D eigenvalue weighted by molar-refractivity contribution is 7.99. The van der Waals surface area contributed by atoms with Crippen LogP contribution in [0.15, 0.2) is 15.0 Å². The Kier molecular flexibility index (Phi) is 4.40. The zero-order chi connectivity index (χ0) is 14.7. The van der Waals surface area contributed by atoms with E-state index < -0.39 is 0 Å². The molecule has 9 heteroatoms. The van der Waals surface area contributed by atoms with Crippen LogP contribution in [0.4, 0.5) is 5.82 Å². The van der Waals surface area contributed by atoms with Crippen LogP contribution < -0.4 is 17.0 Å². The minimum atomic E-state index is -0.259. The molecule has 2 aromatic rings. The van der Waals surface area contributed by atoms with Crippen molar-refractivity contribution in [2.75, 3.05) is 5.43 Å². The molecule has 8 nitrogen and oxygen atoms in total. The first-order chi connectivity index (χ1) is 9.56. The van der Waals surface area contributed by atoms with Crippen molar-refractivity contribution in [3.8, 4) is 0 Å². The van der Waals surface area contributed by atoms with Crippen molar-refractivity contribution in [2.24, 2.45) is 12.9 Å². The molecule has 2 heterocycles. The number of aromatic nitrogens is 5. The molecular formula is C11H17N7OS. The fourth-order valence-corrected chi connectivity index (χ4v) is 2.51. The lowest BCUT2D eigenvalue weighted by Crippen LogP contribution is -2.14. The first-order valence-electron chi connectivity index (χ1n) is 6.20. The second-order valence-corrected chi connectivity index (χ2v) is 5.24. The van der Waals surface area contributed by atoms with Crippen LogP contribution in [-0.4, -0.2) is 24.7 Å². The number of nitrogen functional groups attached to an aromatic ring is 1. The number of anilines is 1. The molecule has 0 radical (unpaired) electrons. The topological polar surface area (TPSA) is 115 Å². The van der Waals surface area contributed by atoms with Crippen molar-refractivity contribution in [2.45, 2.75) is 36.9 Å². The van der Waals surface area contributed by atoms with Gasteiger partial charge in [-0.1, -0.05) is 6.92 Å². The van der Waals surface area contributed by atoms with E-state index in [1.54, 1.807) is 7.05 Å². The van der Waals surface area contributed by atoms with Crippen LogP contribution in [0.1, 0.15) is 24.7 Å². The monoisotopic (exact) mass is 295 g/mol. The van der Waals surface area contributed by atoms with E-state index in [1.165, 1.54) is 16.3 Å². The Morgan fingerprint density at radius 3 is 2.75 bits per heavy atom. The Hall–Kier alpha value is -1.87. The summed E-state index contributed by atoms with van der Waals surface area (Å²) >= 11 is 1.31. The average molecular weight is 295 g/mol. The van der Waals surface area contributed by atoms with Crippen LogP contribution in [0.25, 0.3) is 0 Å². The first kappa shape index (κ1) is 14.5. The number of H-pyrrole nitrogens is 1. The van der Waals surface area contributed by atoms with E-state index in [2.05, 4.69) is 32.5 Å². The predicted octanol–water partition coefficient (Wildman–Crippen LogP) is 0.596. The Morgan fingerprint density at radius 2 is 2.20 bits per heavy atom. The highest BCUT2D eigenvalue weighted by atomic mass is 32.2. The van der Waals surface area contributed by atoms with Crippen LogP contribution in [0, 0.1) is 6.92 Å². The third-order valence-electron chi connectivity index (χ3n) is 2.78. The van der Waals surface area contributed by atoms with Gasteiger partial charge in [0.05, 0.1) is 0 Å². The number of aromatic amines is 1. The molecule has 0 atom stereocenters. The van der Waals surface area contributed by atoms with E-state index in [-0.39, 0.29) is 5.69 Å². The summed E-state index contributed by atoms with van der Waals surface area (Å²) in [6.07, 6.45) is 1.71. The molecule has 2 rings (SSSR count). The number of nitrogens with two attached hydrogens (primary N) is 1. The highest BCUT2D eigenvalue weighted by Crippen LogP contribution is 2.29. The van der Waals surface area contributed by atoms with E-state index in [0.29, 0.717) is 16.8 Å². The average Bonchev–Trinajstić information content (AvgIpc) is 2.74. The van der Waals surface area contributed by atoms with Crippen LogP contribution >= 0.6 is 11.8 Å². The van der Waals surface area contributed by atoms with Gasteiger partial charge in [0.1, 0.15) is 16.7 Å². The highest BCUT2D eigenvalue weighted by Gasteiger charge is 2.14. The molecule has 0 bridgehead atoms. The summed E-state index contributed by atoms with van der Waals surface area (Å²) < 4.78 is 1.43. The van der Waals surface area contributed by atoms with Crippen LogP contribution in [-0.2, 0) is 13.5 Å². The molecule has 0 saturated carbocycles. The molecule has 20 heavy (non-hydrogen) atoms. The Morgan fingerprint density at radius 1 is 1.45 bits per heavy atom. The summed E-state index contributed by atoms with van der Waals surface area (Å²) in [5, 5.41) is 7.64. The van der Waals surface area contributed by atoms with E-state index in [9.17, 15) is 4.79 Å². The molecule has 108 valence electrons. The molecule has 4 N–H and O–H groups in total. The van der Waals surface area contributed by atoms with Gasteiger partial charge < -0.3 is 5.43 Å². The van der Waals surface area contributed by atoms with Gasteiger partial charge in [-0.25, -0.2) is 25.7 Å². The van der Waals surface area contributed by atoms with Crippen molar-refractivity contribution < 1.29 is 0 Å². The zero-order valence-electron chi connectivity index (χ0n) is 11.6. The summed E-state index contributed by atoms with van der Waals surface area (Å²) in [4.78, 5) is 20.2. The second kappa shape index (κ2) is 6.06. The number of hydrazine groups is 1. The molecule has 0 aliphatic heterocycles. The summed E-state index contributed by atoms with van der Waals surface area (Å²) in [7, 11) is 1.65. The van der Waals surface area contributed by atoms with Crippen molar-refractivity contribution in [3.63, 3.8) is 0 Å².